The molecule has 5 aromatic rings. The standard InChI is InChI=1S/C21H14N6O4/c1-11-15-16(12-7-9-14(10-8-12)27(30)31)17-18(23-21(29)24-20(17)28)22-19(15)26(25-11)13-5-3-2-4-6-13/h2-10H,1H3,(H2,22,23,24,28,29). The number of para-hydroxylation sites is 1. The van der Waals surface area contributed by atoms with Crippen LogP contribution in [0.4, 0.5) is 5.69 Å². The highest BCUT2D eigenvalue weighted by molar-refractivity contribution is 6.08. The van der Waals surface area contributed by atoms with Gasteiger partial charge in [0.05, 0.1) is 27.1 Å². The van der Waals surface area contributed by atoms with Gasteiger partial charge >= 0.3 is 5.69 Å². The van der Waals surface area contributed by atoms with Gasteiger partial charge in [0.25, 0.3) is 11.2 Å². The number of aryl methyl sites for hydroxylation is 1. The second-order valence-electron chi connectivity index (χ2n) is 6.95. The van der Waals surface area contributed by atoms with Crippen LogP contribution in [-0.4, -0.2) is 29.7 Å². The first-order valence-electron chi connectivity index (χ1n) is 9.30. The van der Waals surface area contributed by atoms with Crippen LogP contribution in [0.25, 0.3) is 38.9 Å². The number of nitro benzene ring substituents is 1. The predicted octanol–water partition coefficient (Wildman–Crippen LogP) is 2.83. The molecule has 0 fully saturated rings. The maximum atomic E-state index is 12.7. The highest BCUT2D eigenvalue weighted by Gasteiger charge is 2.22. The Morgan fingerprint density at radius 2 is 1.68 bits per heavy atom. The Hall–Kier alpha value is -4.60. The van der Waals surface area contributed by atoms with Crippen molar-refractivity contribution < 1.29 is 4.92 Å². The Kier molecular flexibility index (Phi) is 4.00. The highest BCUT2D eigenvalue weighted by atomic mass is 16.6. The van der Waals surface area contributed by atoms with Gasteiger partial charge in [-0.25, -0.2) is 14.5 Å². The summed E-state index contributed by atoms with van der Waals surface area (Å²) >= 11 is 0. The van der Waals surface area contributed by atoms with Crippen molar-refractivity contribution in [3.8, 4) is 16.8 Å². The summed E-state index contributed by atoms with van der Waals surface area (Å²) in [6.45, 7) is 1.80. The van der Waals surface area contributed by atoms with Crippen molar-refractivity contribution in [3.63, 3.8) is 0 Å². The van der Waals surface area contributed by atoms with Gasteiger partial charge in [0.1, 0.15) is 5.65 Å². The normalized spacial score (nSPS) is 11.3. The van der Waals surface area contributed by atoms with Crippen LogP contribution in [0, 0.1) is 17.0 Å². The van der Waals surface area contributed by atoms with Gasteiger partial charge < -0.3 is 0 Å². The van der Waals surface area contributed by atoms with E-state index in [0.29, 0.717) is 27.9 Å². The zero-order chi connectivity index (χ0) is 21.7. The van der Waals surface area contributed by atoms with E-state index in [2.05, 4.69) is 20.1 Å². The van der Waals surface area contributed by atoms with E-state index < -0.39 is 16.2 Å². The Bertz CT molecular complexity index is 1600. The molecule has 0 aliphatic heterocycles. The molecule has 0 radical (unpaired) electrons. The average Bonchev–Trinajstić information content (AvgIpc) is 3.09. The number of nitrogens with one attached hydrogen (secondary N) is 2. The molecule has 2 aromatic carbocycles. The van der Waals surface area contributed by atoms with Crippen LogP contribution in [0.2, 0.25) is 0 Å². The van der Waals surface area contributed by atoms with Crippen molar-refractivity contribution >= 4 is 27.8 Å². The largest absolute Gasteiger partial charge is 0.327 e. The lowest BCUT2D eigenvalue weighted by Gasteiger charge is -2.09. The molecule has 10 nitrogen and oxygen atoms in total. The van der Waals surface area contributed by atoms with Crippen molar-refractivity contribution in [2.24, 2.45) is 0 Å². The molecule has 0 aliphatic carbocycles. The fourth-order valence-corrected chi connectivity index (χ4v) is 3.72. The molecule has 3 heterocycles. The lowest BCUT2D eigenvalue weighted by Crippen LogP contribution is -2.23. The quantitative estimate of drug-likeness (QED) is 0.344. The van der Waals surface area contributed by atoms with E-state index in [1.165, 1.54) is 12.1 Å². The average molecular weight is 414 g/mol. The van der Waals surface area contributed by atoms with E-state index in [1.54, 1.807) is 23.7 Å². The molecule has 0 saturated carbocycles. The monoisotopic (exact) mass is 414 g/mol. The summed E-state index contributed by atoms with van der Waals surface area (Å²) in [4.78, 5) is 44.6. The summed E-state index contributed by atoms with van der Waals surface area (Å²) in [7, 11) is 0. The molecule has 31 heavy (non-hydrogen) atoms. The third-order valence-electron chi connectivity index (χ3n) is 5.04. The molecule has 0 aliphatic rings. The molecule has 152 valence electrons. The van der Waals surface area contributed by atoms with Crippen molar-refractivity contribution in [1.82, 2.24) is 24.7 Å². The van der Waals surface area contributed by atoms with Gasteiger partial charge in [-0.15, -0.1) is 0 Å². The summed E-state index contributed by atoms with van der Waals surface area (Å²) in [6.07, 6.45) is 0. The van der Waals surface area contributed by atoms with Crippen LogP contribution in [0.3, 0.4) is 0 Å². The number of nitrogens with zero attached hydrogens (tertiary/aromatic N) is 4. The molecule has 2 N–H and O–H groups in total. The molecule has 0 spiro atoms. The zero-order valence-electron chi connectivity index (χ0n) is 16.1. The number of aromatic amines is 2. The van der Waals surface area contributed by atoms with Gasteiger partial charge in [-0.3, -0.25) is 24.9 Å². The van der Waals surface area contributed by atoms with Crippen molar-refractivity contribution in [1.29, 1.82) is 0 Å². The number of rotatable bonds is 3. The van der Waals surface area contributed by atoms with E-state index in [-0.39, 0.29) is 16.7 Å². The molecule has 0 atom stereocenters. The van der Waals surface area contributed by atoms with Crippen LogP contribution < -0.4 is 11.2 Å². The number of hydrogen-bond donors (Lipinski definition) is 2. The zero-order valence-corrected chi connectivity index (χ0v) is 16.1. The highest BCUT2D eigenvalue weighted by Crippen LogP contribution is 2.35. The molecular formula is C21H14N6O4. The predicted molar refractivity (Wildman–Crippen MR) is 114 cm³/mol. The first-order chi connectivity index (χ1) is 14.9. The van der Waals surface area contributed by atoms with E-state index >= 15 is 0 Å². The number of nitro groups is 1. The minimum Gasteiger partial charge on any atom is -0.291 e. The topological polar surface area (TPSA) is 140 Å². The lowest BCUT2D eigenvalue weighted by atomic mass is 9.98. The molecule has 0 saturated heterocycles. The number of aromatic nitrogens is 5. The fourth-order valence-electron chi connectivity index (χ4n) is 3.72. The van der Waals surface area contributed by atoms with Gasteiger partial charge in [0.15, 0.2) is 5.65 Å². The van der Waals surface area contributed by atoms with Crippen molar-refractivity contribution in [2.75, 3.05) is 0 Å². The SMILES string of the molecule is Cc1nn(-c2ccccc2)c2nc3[nH]c(=O)[nH]c(=O)c3c(-c3ccc([N+](=O)[O-])cc3)c12. The number of hydrogen-bond acceptors (Lipinski definition) is 6. The van der Waals surface area contributed by atoms with Crippen LogP contribution in [0.15, 0.2) is 64.2 Å². The molecule has 5 rings (SSSR count). The summed E-state index contributed by atoms with van der Waals surface area (Å²) in [5.74, 6) is 0. The molecule has 3 aromatic heterocycles. The summed E-state index contributed by atoms with van der Waals surface area (Å²) in [5.41, 5.74) is 1.63. The first-order valence-corrected chi connectivity index (χ1v) is 9.30. The minimum absolute atomic E-state index is 0.0719. The number of H-pyrrole nitrogens is 2. The lowest BCUT2D eigenvalue weighted by molar-refractivity contribution is -0.384. The van der Waals surface area contributed by atoms with E-state index in [4.69, 9.17) is 0 Å². The number of fused-ring (bicyclic) bond motifs is 2. The number of pyridine rings is 1. The summed E-state index contributed by atoms with van der Waals surface area (Å²) < 4.78 is 1.64. The number of benzene rings is 2. The molecular weight excluding hydrogens is 400 g/mol. The minimum atomic E-state index is -0.679. The Balaban J connectivity index is 1.95. The van der Waals surface area contributed by atoms with Gasteiger partial charge in [-0.1, -0.05) is 18.2 Å². The fraction of sp³-hybridized carbons (Fsp3) is 0.0476. The molecule has 0 bridgehead atoms. The van der Waals surface area contributed by atoms with E-state index in [1.807, 2.05) is 30.3 Å². The van der Waals surface area contributed by atoms with Crippen LogP contribution in [-0.2, 0) is 0 Å². The number of non-ortho nitro benzene ring substituents is 1. The Morgan fingerprint density at radius 1 is 0.968 bits per heavy atom. The maximum absolute atomic E-state index is 12.7. The molecule has 0 unspecified atom stereocenters. The van der Waals surface area contributed by atoms with E-state index in [9.17, 15) is 19.7 Å². The third-order valence-corrected chi connectivity index (χ3v) is 5.04. The summed E-state index contributed by atoms with van der Waals surface area (Å²) in [6, 6.07) is 15.2. The van der Waals surface area contributed by atoms with Crippen LogP contribution in [0.1, 0.15) is 5.69 Å². The smallest absolute Gasteiger partial charge is 0.291 e. The van der Waals surface area contributed by atoms with Gasteiger partial charge in [-0.2, -0.15) is 5.10 Å². The second kappa shape index (κ2) is 6.73. The van der Waals surface area contributed by atoms with Gasteiger partial charge in [0.2, 0.25) is 0 Å². The second-order valence-corrected chi connectivity index (χ2v) is 6.95. The van der Waals surface area contributed by atoms with E-state index in [0.717, 1.165) is 5.69 Å². The molecule has 0 amide bonds. The van der Waals surface area contributed by atoms with Gasteiger partial charge in [-0.05, 0) is 36.8 Å². The van der Waals surface area contributed by atoms with Crippen molar-refractivity contribution in [2.45, 2.75) is 6.92 Å². The summed E-state index contributed by atoms with van der Waals surface area (Å²) in [5, 5.41) is 16.5. The van der Waals surface area contributed by atoms with Crippen LogP contribution in [0.5, 0.6) is 0 Å². The maximum Gasteiger partial charge on any atom is 0.327 e. The van der Waals surface area contributed by atoms with Crippen LogP contribution >= 0.6 is 0 Å². The Labute approximate surface area is 173 Å². The third kappa shape index (κ3) is 2.89. The van der Waals surface area contributed by atoms with Gasteiger partial charge in [0, 0.05) is 17.7 Å². The first kappa shape index (κ1) is 18.4. The Morgan fingerprint density at radius 3 is 2.35 bits per heavy atom. The van der Waals surface area contributed by atoms with Crippen molar-refractivity contribution in [3.05, 3.63) is 91.2 Å². The molecule has 10 heteroatoms.